The summed E-state index contributed by atoms with van der Waals surface area (Å²) >= 11 is 0. The van der Waals surface area contributed by atoms with Gasteiger partial charge in [0.2, 0.25) is 0 Å². The van der Waals surface area contributed by atoms with Crippen LogP contribution in [0.15, 0.2) is 71.6 Å². The summed E-state index contributed by atoms with van der Waals surface area (Å²) in [5.74, 6) is 0.182. The van der Waals surface area contributed by atoms with Crippen LogP contribution in [0, 0.1) is 24.0 Å². The van der Waals surface area contributed by atoms with E-state index in [2.05, 4.69) is 0 Å². The van der Waals surface area contributed by atoms with Crippen LogP contribution in [-0.4, -0.2) is 13.3 Å². The van der Waals surface area contributed by atoms with Crippen molar-refractivity contribution in [3.05, 3.63) is 88.0 Å². The minimum atomic E-state index is -4.08. The first-order chi connectivity index (χ1) is 12.8. The Morgan fingerprint density at radius 2 is 1.52 bits per heavy atom. The van der Waals surface area contributed by atoms with Crippen molar-refractivity contribution in [2.24, 2.45) is 0 Å². The SMILES string of the molecule is Cc1ccc(-c2ccc(OS(=O)(=O)c3ccc([N+](=O)[O-])cc3)cc2C)cc1. The Hall–Kier alpha value is -3.19. The van der Waals surface area contributed by atoms with Crippen LogP contribution in [0.25, 0.3) is 11.1 Å². The molecular weight excluding hydrogens is 366 g/mol. The van der Waals surface area contributed by atoms with E-state index in [1.165, 1.54) is 0 Å². The molecule has 0 spiro atoms. The molecule has 0 heterocycles. The summed E-state index contributed by atoms with van der Waals surface area (Å²) in [5.41, 5.74) is 3.85. The lowest BCUT2D eigenvalue weighted by Gasteiger charge is -2.11. The van der Waals surface area contributed by atoms with Gasteiger partial charge >= 0.3 is 10.1 Å². The van der Waals surface area contributed by atoms with E-state index < -0.39 is 15.0 Å². The molecule has 7 heteroatoms. The summed E-state index contributed by atoms with van der Waals surface area (Å²) in [7, 11) is -4.08. The molecule has 0 radical (unpaired) electrons. The van der Waals surface area contributed by atoms with Crippen molar-refractivity contribution in [1.29, 1.82) is 0 Å². The summed E-state index contributed by atoms with van der Waals surface area (Å²) < 4.78 is 30.0. The molecule has 3 aromatic carbocycles. The number of aryl methyl sites for hydroxylation is 2. The number of nitrogens with zero attached hydrogens (tertiary/aromatic N) is 1. The Balaban J connectivity index is 1.85. The molecule has 6 nitrogen and oxygen atoms in total. The summed E-state index contributed by atoms with van der Waals surface area (Å²) in [5, 5.41) is 10.7. The first-order valence-electron chi connectivity index (χ1n) is 8.13. The predicted octanol–water partition coefficient (Wildman–Crippen LogP) is 4.65. The van der Waals surface area contributed by atoms with Gasteiger partial charge in [0.1, 0.15) is 10.6 Å². The van der Waals surface area contributed by atoms with Crippen molar-refractivity contribution in [2.75, 3.05) is 0 Å². The highest BCUT2D eigenvalue weighted by molar-refractivity contribution is 7.87. The minimum absolute atomic E-state index is 0.145. The molecule has 0 bridgehead atoms. The van der Waals surface area contributed by atoms with Crippen LogP contribution >= 0.6 is 0 Å². The lowest BCUT2D eigenvalue weighted by Crippen LogP contribution is -2.10. The Kier molecular flexibility index (Phi) is 4.96. The molecular formula is C20H17NO5S. The van der Waals surface area contributed by atoms with Gasteiger partial charge in [0, 0.05) is 12.1 Å². The van der Waals surface area contributed by atoms with Crippen LogP contribution in [0.3, 0.4) is 0 Å². The van der Waals surface area contributed by atoms with Gasteiger partial charge in [-0.3, -0.25) is 10.1 Å². The number of rotatable bonds is 5. The second-order valence-corrected chi connectivity index (χ2v) is 7.68. The number of benzene rings is 3. The zero-order chi connectivity index (χ0) is 19.6. The lowest BCUT2D eigenvalue weighted by molar-refractivity contribution is -0.384. The predicted molar refractivity (Wildman–Crippen MR) is 102 cm³/mol. The van der Waals surface area contributed by atoms with Gasteiger partial charge in [0.05, 0.1) is 4.92 Å². The van der Waals surface area contributed by atoms with Gasteiger partial charge in [-0.1, -0.05) is 35.9 Å². The van der Waals surface area contributed by atoms with Gasteiger partial charge in [-0.15, -0.1) is 0 Å². The molecule has 0 aliphatic rings. The van der Waals surface area contributed by atoms with E-state index in [-0.39, 0.29) is 16.3 Å². The third-order valence-electron chi connectivity index (χ3n) is 4.10. The third-order valence-corrected chi connectivity index (χ3v) is 5.36. The molecule has 3 aromatic rings. The summed E-state index contributed by atoms with van der Waals surface area (Å²) in [6, 6.07) is 17.6. The van der Waals surface area contributed by atoms with Crippen molar-refractivity contribution >= 4 is 15.8 Å². The topological polar surface area (TPSA) is 86.5 Å². The fraction of sp³-hybridized carbons (Fsp3) is 0.100. The molecule has 0 N–H and O–H groups in total. The Bertz CT molecular complexity index is 1090. The van der Waals surface area contributed by atoms with E-state index in [1.807, 2.05) is 38.1 Å². The highest BCUT2D eigenvalue weighted by Gasteiger charge is 2.18. The maximum absolute atomic E-state index is 12.4. The van der Waals surface area contributed by atoms with Crippen LogP contribution in [0.2, 0.25) is 0 Å². The van der Waals surface area contributed by atoms with Gasteiger partial charge in [0.25, 0.3) is 5.69 Å². The maximum Gasteiger partial charge on any atom is 0.339 e. The van der Waals surface area contributed by atoms with Gasteiger partial charge in [-0.2, -0.15) is 8.42 Å². The molecule has 0 fully saturated rings. The Labute approximate surface area is 157 Å². The highest BCUT2D eigenvalue weighted by Crippen LogP contribution is 2.29. The Morgan fingerprint density at radius 1 is 0.889 bits per heavy atom. The standard InChI is InChI=1S/C20H17NO5S/c1-14-3-5-16(6-4-14)20-12-9-18(13-15(20)2)26-27(24,25)19-10-7-17(8-11-19)21(22)23/h3-13H,1-2H3. The average molecular weight is 383 g/mol. The number of hydrogen-bond acceptors (Lipinski definition) is 5. The maximum atomic E-state index is 12.4. The molecule has 0 aliphatic carbocycles. The fourth-order valence-corrected chi connectivity index (χ4v) is 3.58. The average Bonchev–Trinajstić information content (AvgIpc) is 2.62. The van der Waals surface area contributed by atoms with E-state index in [9.17, 15) is 18.5 Å². The summed E-state index contributed by atoms with van der Waals surface area (Å²) in [6.45, 7) is 3.89. The van der Waals surface area contributed by atoms with Crippen molar-refractivity contribution < 1.29 is 17.5 Å². The van der Waals surface area contributed by atoms with Gasteiger partial charge < -0.3 is 4.18 Å². The number of nitro benzene ring substituents is 1. The molecule has 3 rings (SSSR count). The molecule has 0 aromatic heterocycles. The van der Waals surface area contributed by atoms with Crippen LogP contribution in [-0.2, 0) is 10.1 Å². The largest absolute Gasteiger partial charge is 0.379 e. The van der Waals surface area contributed by atoms with Crippen LogP contribution in [0.4, 0.5) is 5.69 Å². The zero-order valence-corrected chi connectivity index (χ0v) is 15.6. The second kappa shape index (κ2) is 7.20. The van der Waals surface area contributed by atoms with Gasteiger partial charge in [-0.25, -0.2) is 0 Å². The molecule has 27 heavy (non-hydrogen) atoms. The zero-order valence-electron chi connectivity index (χ0n) is 14.7. The van der Waals surface area contributed by atoms with Crippen molar-refractivity contribution in [1.82, 2.24) is 0 Å². The number of nitro groups is 1. The fourth-order valence-electron chi connectivity index (χ4n) is 2.65. The van der Waals surface area contributed by atoms with Crippen LogP contribution < -0.4 is 4.18 Å². The monoisotopic (exact) mass is 383 g/mol. The molecule has 0 unspecified atom stereocenters. The first kappa shape index (κ1) is 18.6. The minimum Gasteiger partial charge on any atom is -0.379 e. The first-order valence-corrected chi connectivity index (χ1v) is 9.54. The molecule has 0 saturated carbocycles. The van der Waals surface area contributed by atoms with Crippen LogP contribution in [0.1, 0.15) is 11.1 Å². The quantitative estimate of drug-likeness (QED) is 0.364. The normalized spacial score (nSPS) is 11.2. The van der Waals surface area contributed by atoms with E-state index >= 15 is 0 Å². The third kappa shape index (κ3) is 4.15. The summed E-state index contributed by atoms with van der Waals surface area (Å²) in [6.07, 6.45) is 0. The van der Waals surface area contributed by atoms with Crippen molar-refractivity contribution in [3.63, 3.8) is 0 Å². The van der Waals surface area contributed by atoms with E-state index in [4.69, 9.17) is 4.18 Å². The van der Waals surface area contributed by atoms with E-state index in [0.717, 1.165) is 46.5 Å². The second-order valence-electron chi connectivity index (χ2n) is 6.13. The number of hydrogen-bond donors (Lipinski definition) is 0. The molecule has 138 valence electrons. The highest BCUT2D eigenvalue weighted by atomic mass is 32.2. The number of non-ortho nitro benzene ring substituents is 1. The molecule has 0 aliphatic heterocycles. The van der Waals surface area contributed by atoms with Crippen LogP contribution in [0.5, 0.6) is 5.75 Å². The van der Waals surface area contributed by atoms with E-state index in [0.29, 0.717) is 0 Å². The smallest absolute Gasteiger partial charge is 0.339 e. The Morgan fingerprint density at radius 3 is 2.07 bits per heavy atom. The van der Waals surface area contributed by atoms with Crippen molar-refractivity contribution in [3.8, 4) is 16.9 Å². The molecule has 0 amide bonds. The van der Waals surface area contributed by atoms with Gasteiger partial charge in [0.15, 0.2) is 0 Å². The van der Waals surface area contributed by atoms with Gasteiger partial charge in [-0.05, 0) is 54.8 Å². The molecule has 0 atom stereocenters. The lowest BCUT2D eigenvalue weighted by atomic mass is 9.99. The van der Waals surface area contributed by atoms with Crippen molar-refractivity contribution in [2.45, 2.75) is 18.7 Å². The summed E-state index contributed by atoms with van der Waals surface area (Å²) in [4.78, 5) is 9.94. The molecule has 0 saturated heterocycles. The van der Waals surface area contributed by atoms with E-state index in [1.54, 1.807) is 18.2 Å².